The van der Waals surface area contributed by atoms with Gasteiger partial charge in [0.2, 0.25) is 11.8 Å². The number of benzene rings is 2. The number of hydrogen-bond acceptors (Lipinski definition) is 5. The molecule has 9 heteroatoms. The zero-order valence-corrected chi connectivity index (χ0v) is 17.6. The number of carbonyl (C=O) groups excluding carboxylic acids is 3. The highest BCUT2D eigenvalue weighted by molar-refractivity contribution is 7.15. The van der Waals surface area contributed by atoms with Crippen molar-refractivity contribution in [3.8, 4) is 11.3 Å². The number of thiazole rings is 1. The lowest BCUT2D eigenvalue weighted by Gasteiger charge is -2.11. The number of imidazole rings is 1. The van der Waals surface area contributed by atoms with Crippen molar-refractivity contribution in [2.24, 2.45) is 0 Å². The van der Waals surface area contributed by atoms with Gasteiger partial charge < -0.3 is 16.0 Å². The largest absolute Gasteiger partial charge is 0.326 e. The summed E-state index contributed by atoms with van der Waals surface area (Å²) in [5.74, 6) is -0.920. The van der Waals surface area contributed by atoms with E-state index in [9.17, 15) is 14.4 Å². The van der Waals surface area contributed by atoms with Crippen molar-refractivity contribution in [1.29, 1.82) is 0 Å². The van der Waals surface area contributed by atoms with Crippen LogP contribution in [0.2, 0.25) is 0 Å². The van der Waals surface area contributed by atoms with Crippen molar-refractivity contribution in [3.05, 3.63) is 65.8 Å². The fraction of sp³-hybridized carbons (Fsp3) is 0.0909. The van der Waals surface area contributed by atoms with Gasteiger partial charge in [0, 0.05) is 59.8 Å². The quantitative estimate of drug-likeness (QED) is 0.438. The molecule has 0 radical (unpaired) electrons. The Bertz CT molecular complexity index is 1230. The minimum absolute atomic E-state index is 0.277. The normalized spacial score (nSPS) is 10.6. The second-order valence-electron chi connectivity index (χ2n) is 6.91. The van der Waals surface area contributed by atoms with E-state index in [0.29, 0.717) is 22.6 Å². The Morgan fingerprint density at radius 3 is 2.10 bits per heavy atom. The minimum atomic E-state index is -0.367. The van der Waals surface area contributed by atoms with E-state index in [2.05, 4.69) is 20.9 Å². The number of rotatable bonds is 5. The van der Waals surface area contributed by atoms with Crippen LogP contribution in [0.25, 0.3) is 16.2 Å². The molecule has 0 fully saturated rings. The van der Waals surface area contributed by atoms with Gasteiger partial charge in [0.15, 0.2) is 4.96 Å². The molecule has 2 heterocycles. The maximum Gasteiger partial charge on any atom is 0.255 e. The molecule has 0 saturated carbocycles. The van der Waals surface area contributed by atoms with Crippen LogP contribution >= 0.6 is 11.3 Å². The van der Waals surface area contributed by atoms with Crippen LogP contribution in [0.5, 0.6) is 0 Å². The van der Waals surface area contributed by atoms with Crippen LogP contribution in [0.1, 0.15) is 24.2 Å². The molecule has 0 aliphatic rings. The van der Waals surface area contributed by atoms with Gasteiger partial charge in [0.05, 0.1) is 5.69 Å². The lowest BCUT2D eigenvalue weighted by molar-refractivity contribution is -0.115. The molecule has 0 atom stereocenters. The van der Waals surface area contributed by atoms with Crippen LogP contribution < -0.4 is 16.0 Å². The molecule has 0 aliphatic heterocycles. The van der Waals surface area contributed by atoms with E-state index in [4.69, 9.17) is 0 Å². The predicted molar refractivity (Wildman–Crippen MR) is 122 cm³/mol. The Balaban J connectivity index is 1.53. The Labute approximate surface area is 181 Å². The fourth-order valence-electron chi connectivity index (χ4n) is 3.10. The first-order valence-corrected chi connectivity index (χ1v) is 10.3. The van der Waals surface area contributed by atoms with Gasteiger partial charge in [0.1, 0.15) is 0 Å². The van der Waals surface area contributed by atoms with Gasteiger partial charge in [-0.15, -0.1) is 11.3 Å². The molecule has 0 spiro atoms. The van der Waals surface area contributed by atoms with Crippen LogP contribution in [-0.4, -0.2) is 27.1 Å². The van der Waals surface area contributed by atoms with Crippen molar-refractivity contribution in [3.63, 3.8) is 0 Å². The second kappa shape index (κ2) is 8.41. The zero-order chi connectivity index (χ0) is 22.0. The van der Waals surface area contributed by atoms with Crippen LogP contribution in [-0.2, 0) is 9.59 Å². The summed E-state index contributed by atoms with van der Waals surface area (Å²) < 4.78 is 1.96. The van der Waals surface area contributed by atoms with E-state index < -0.39 is 0 Å². The standard InChI is InChI=1S/C22H19N5O3S/c1-13(28)23-18-9-16(10-19(11-18)24-14(2)29)21(30)25-17-5-3-15(4-6-17)20-12-27-7-8-31-22(27)26-20/h3-12H,1-2H3,(H,23,28)(H,24,29)(H,25,30). The molecule has 0 aliphatic carbocycles. The number of carbonyl (C=O) groups is 3. The molecule has 3 N–H and O–H groups in total. The highest BCUT2D eigenvalue weighted by atomic mass is 32.1. The summed E-state index contributed by atoms with van der Waals surface area (Å²) in [6.45, 7) is 2.74. The number of aromatic nitrogens is 2. The molecule has 156 valence electrons. The van der Waals surface area contributed by atoms with E-state index in [1.165, 1.54) is 13.8 Å². The van der Waals surface area contributed by atoms with Crippen molar-refractivity contribution in [2.45, 2.75) is 13.8 Å². The zero-order valence-electron chi connectivity index (χ0n) is 16.8. The van der Waals surface area contributed by atoms with E-state index in [1.54, 1.807) is 41.7 Å². The maximum absolute atomic E-state index is 12.8. The van der Waals surface area contributed by atoms with Gasteiger partial charge >= 0.3 is 0 Å². The van der Waals surface area contributed by atoms with E-state index in [-0.39, 0.29) is 17.7 Å². The van der Waals surface area contributed by atoms with E-state index in [0.717, 1.165) is 16.2 Å². The average molecular weight is 433 g/mol. The van der Waals surface area contributed by atoms with Gasteiger partial charge in [0.25, 0.3) is 5.91 Å². The van der Waals surface area contributed by atoms with E-state index >= 15 is 0 Å². The summed E-state index contributed by atoms with van der Waals surface area (Å²) in [4.78, 5) is 41.1. The lowest BCUT2D eigenvalue weighted by Crippen LogP contribution is -2.15. The fourth-order valence-corrected chi connectivity index (χ4v) is 3.80. The SMILES string of the molecule is CC(=O)Nc1cc(NC(C)=O)cc(C(=O)Nc2ccc(-c3cn4ccsc4n3)cc2)c1. The molecular formula is C22H19N5O3S. The average Bonchev–Trinajstić information content (AvgIpc) is 3.29. The van der Waals surface area contributed by atoms with Crippen LogP contribution in [0.15, 0.2) is 60.2 Å². The molecule has 4 rings (SSSR count). The molecule has 31 heavy (non-hydrogen) atoms. The van der Waals surface area contributed by atoms with Gasteiger partial charge in [-0.05, 0) is 30.3 Å². The molecule has 2 aromatic carbocycles. The maximum atomic E-state index is 12.8. The summed E-state index contributed by atoms with van der Waals surface area (Å²) >= 11 is 1.56. The molecule has 8 nitrogen and oxygen atoms in total. The third kappa shape index (κ3) is 4.78. The third-order valence-electron chi connectivity index (χ3n) is 4.37. The molecule has 3 amide bonds. The van der Waals surface area contributed by atoms with Crippen molar-refractivity contribution in [2.75, 3.05) is 16.0 Å². The Morgan fingerprint density at radius 1 is 0.871 bits per heavy atom. The number of hydrogen-bond donors (Lipinski definition) is 3. The topological polar surface area (TPSA) is 105 Å². The van der Waals surface area contributed by atoms with Crippen molar-refractivity contribution < 1.29 is 14.4 Å². The molecule has 4 aromatic rings. The van der Waals surface area contributed by atoms with Gasteiger partial charge in [-0.2, -0.15) is 0 Å². The first-order valence-electron chi connectivity index (χ1n) is 9.41. The molecule has 0 unspecified atom stereocenters. The Hall–Kier alpha value is -3.98. The summed E-state index contributed by atoms with van der Waals surface area (Å²) in [5, 5.41) is 10.1. The van der Waals surface area contributed by atoms with Crippen LogP contribution in [0.3, 0.4) is 0 Å². The lowest BCUT2D eigenvalue weighted by atomic mass is 10.1. The Kier molecular flexibility index (Phi) is 5.50. The molecule has 0 saturated heterocycles. The Morgan fingerprint density at radius 2 is 1.52 bits per heavy atom. The number of anilines is 3. The monoisotopic (exact) mass is 433 g/mol. The number of fused-ring (bicyclic) bond motifs is 1. The van der Waals surface area contributed by atoms with Gasteiger partial charge in [-0.1, -0.05) is 12.1 Å². The van der Waals surface area contributed by atoms with Crippen LogP contribution in [0.4, 0.5) is 17.1 Å². The number of amides is 3. The summed E-state index contributed by atoms with van der Waals surface area (Å²) in [6, 6.07) is 12.1. The van der Waals surface area contributed by atoms with Crippen LogP contribution in [0, 0.1) is 0 Å². The first kappa shape index (κ1) is 20.3. The molecule has 0 bridgehead atoms. The number of nitrogens with one attached hydrogen (secondary N) is 3. The summed E-state index contributed by atoms with van der Waals surface area (Å²) in [7, 11) is 0. The second-order valence-corrected chi connectivity index (χ2v) is 7.78. The smallest absolute Gasteiger partial charge is 0.255 e. The first-order chi connectivity index (χ1) is 14.9. The van der Waals surface area contributed by atoms with E-state index in [1.807, 2.05) is 34.3 Å². The van der Waals surface area contributed by atoms with Gasteiger partial charge in [-0.3, -0.25) is 18.8 Å². The molecular weight excluding hydrogens is 414 g/mol. The molecule has 2 aromatic heterocycles. The minimum Gasteiger partial charge on any atom is -0.326 e. The summed E-state index contributed by atoms with van der Waals surface area (Å²) in [6.07, 6.45) is 3.91. The predicted octanol–water partition coefficient (Wildman–Crippen LogP) is 4.23. The summed E-state index contributed by atoms with van der Waals surface area (Å²) in [5.41, 5.74) is 3.54. The van der Waals surface area contributed by atoms with Crippen molar-refractivity contribution >= 4 is 51.1 Å². The highest BCUT2D eigenvalue weighted by Crippen LogP contribution is 2.24. The van der Waals surface area contributed by atoms with Crippen molar-refractivity contribution in [1.82, 2.24) is 9.38 Å². The van der Waals surface area contributed by atoms with Gasteiger partial charge in [-0.25, -0.2) is 4.98 Å². The number of nitrogens with zero attached hydrogens (tertiary/aromatic N) is 2. The highest BCUT2D eigenvalue weighted by Gasteiger charge is 2.12. The third-order valence-corrected chi connectivity index (χ3v) is 5.14.